The molecule has 47 heavy (non-hydrogen) atoms. The van der Waals surface area contributed by atoms with Crippen molar-refractivity contribution in [2.45, 2.75) is 52.4 Å². The van der Waals surface area contributed by atoms with Gasteiger partial charge in [0, 0.05) is 60.9 Å². The number of Topliss-reactive ketones (excluding diaryl/α,β-unsaturated/α-hetero) is 1. The number of rotatable bonds is 8. The van der Waals surface area contributed by atoms with Gasteiger partial charge in [-0.05, 0) is 53.0 Å². The van der Waals surface area contributed by atoms with Crippen LogP contribution in [0, 0.1) is 12.3 Å². The van der Waals surface area contributed by atoms with Crippen molar-refractivity contribution in [2.75, 3.05) is 31.6 Å². The normalized spacial score (nSPS) is 22.3. The van der Waals surface area contributed by atoms with E-state index in [9.17, 15) is 14.4 Å². The summed E-state index contributed by atoms with van der Waals surface area (Å²) < 4.78 is 7.66. The first-order valence-corrected chi connectivity index (χ1v) is 16.5. The van der Waals surface area contributed by atoms with Crippen molar-refractivity contribution >= 4 is 50.2 Å². The molecule has 13 heteroatoms. The number of carbonyl (C=O) groups excluding carboxylic acids is 3. The van der Waals surface area contributed by atoms with Crippen LogP contribution < -0.4 is 5.32 Å². The van der Waals surface area contributed by atoms with Crippen LogP contribution >= 0.6 is 15.9 Å². The van der Waals surface area contributed by atoms with Crippen LogP contribution in [0.3, 0.4) is 0 Å². The van der Waals surface area contributed by atoms with Crippen molar-refractivity contribution in [2.24, 2.45) is 5.41 Å². The minimum absolute atomic E-state index is 0.127. The predicted octanol–water partition coefficient (Wildman–Crippen LogP) is 4.18. The van der Waals surface area contributed by atoms with Gasteiger partial charge in [0.25, 0.3) is 0 Å². The molecule has 0 bridgehead atoms. The molecule has 3 atom stereocenters. The molecule has 7 rings (SSSR count). The van der Waals surface area contributed by atoms with Gasteiger partial charge in [-0.2, -0.15) is 5.10 Å². The number of benzene rings is 1. The number of hydrogen-bond acceptors (Lipinski definition) is 9. The van der Waals surface area contributed by atoms with Crippen LogP contribution in [0.1, 0.15) is 42.1 Å². The maximum atomic E-state index is 14.1. The zero-order valence-electron chi connectivity index (χ0n) is 26.4. The third kappa shape index (κ3) is 5.99. The van der Waals surface area contributed by atoms with Crippen LogP contribution in [-0.4, -0.2) is 90.5 Å². The Kier molecular flexibility index (Phi) is 8.23. The Labute approximate surface area is 280 Å². The molecule has 0 unspecified atom stereocenters. The molecule has 3 aliphatic rings. The Balaban J connectivity index is 1.15. The van der Waals surface area contributed by atoms with Gasteiger partial charge in [0.1, 0.15) is 34.5 Å². The Morgan fingerprint density at radius 2 is 1.85 bits per heavy atom. The summed E-state index contributed by atoms with van der Waals surface area (Å²) in [5.41, 5.74) is 3.15. The highest BCUT2D eigenvalue weighted by Crippen LogP contribution is 2.49. The van der Waals surface area contributed by atoms with Gasteiger partial charge in [-0.15, -0.1) is 0 Å². The lowest BCUT2D eigenvalue weighted by Gasteiger charge is -2.38. The highest BCUT2D eigenvalue weighted by Gasteiger charge is 2.55. The standard InChI is InChI=1S/C34H35BrN8O4/c1-20(44)31-25-14-22(24-16-36-21(2)37-17-24)4-6-26(25)42(40-31)19-30(45)43-27(15-34(3)9-8-28(34)43)33(46)39-32-23(5-7-29(35)38-32)18-41-10-12-47-13-11-41/h4-9,14,16-17,27-28H,10-13,15,18-19H2,1-3H3,(H,38,39,46)/t27-,28+,34+/m0/s1. The second kappa shape index (κ2) is 12.4. The maximum Gasteiger partial charge on any atom is 0.248 e. The molecule has 5 heterocycles. The van der Waals surface area contributed by atoms with E-state index in [2.05, 4.69) is 59.2 Å². The van der Waals surface area contributed by atoms with E-state index < -0.39 is 6.04 Å². The van der Waals surface area contributed by atoms with Crippen molar-refractivity contribution < 1.29 is 19.1 Å². The zero-order valence-corrected chi connectivity index (χ0v) is 28.0. The van der Waals surface area contributed by atoms with E-state index in [0.29, 0.717) is 53.3 Å². The topological polar surface area (TPSA) is 135 Å². The van der Waals surface area contributed by atoms with Crippen molar-refractivity contribution in [3.05, 3.63) is 76.6 Å². The first-order chi connectivity index (χ1) is 22.6. The number of morpholine rings is 1. The van der Waals surface area contributed by atoms with Crippen LogP contribution in [0.25, 0.3) is 22.0 Å². The molecule has 2 amide bonds. The van der Waals surface area contributed by atoms with Gasteiger partial charge in [0.05, 0.1) is 24.8 Å². The third-order valence-corrected chi connectivity index (χ3v) is 9.80. The molecule has 0 saturated carbocycles. The number of amides is 2. The van der Waals surface area contributed by atoms with Crippen LogP contribution in [0.5, 0.6) is 0 Å². The third-order valence-electron chi connectivity index (χ3n) is 9.36. The van der Waals surface area contributed by atoms with Crippen LogP contribution in [0.4, 0.5) is 5.82 Å². The Morgan fingerprint density at radius 3 is 2.55 bits per heavy atom. The fourth-order valence-electron chi connectivity index (χ4n) is 6.76. The largest absolute Gasteiger partial charge is 0.379 e. The van der Waals surface area contributed by atoms with E-state index in [-0.39, 0.29) is 41.3 Å². The van der Waals surface area contributed by atoms with Crippen LogP contribution in [0.2, 0.25) is 0 Å². The summed E-state index contributed by atoms with van der Waals surface area (Å²) in [6.07, 6.45) is 8.01. The number of ether oxygens (including phenoxy) is 1. The second-order valence-corrected chi connectivity index (χ2v) is 13.5. The molecule has 1 N–H and O–H groups in total. The SMILES string of the molecule is CC(=O)c1nn(CC(=O)N2[C@H](C(=O)Nc3nc(Br)ccc3CN3CCOCC3)C[C@@]3(C)C=C[C@@H]23)c2ccc(-c3cnc(C)nc3)cc12. The quantitative estimate of drug-likeness (QED) is 0.163. The molecule has 242 valence electrons. The minimum atomic E-state index is -0.716. The first-order valence-electron chi connectivity index (χ1n) is 15.7. The summed E-state index contributed by atoms with van der Waals surface area (Å²) in [5, 5.41) is 8.28. The van der Waals surface area contributed by atoms with Crippen molar-refractivity contribution in [1.82, 2.24) is 34.5 Å². The first kappa shape index (κ1) is 31.3. The highest BCUT2D eigenvalue weighted by atomic mass is 79.9. The average Bonchev–Trinajstić information content (AvgIpc) is 3.51. The lowest BCUT2D eigenvalue weighted by Crippen LogP contribution is -2.50. The van der Waals surface area contributed by atoms with Crippen LogP contribution in [0.15, 0.2) is 59.5 Å². The molecular formula is C34H35BrN8O4. The van der Waals surface area contributed by atoms with Crippen molar-refractivity contribution in [1.29, 1.82) is 0 Å². The number of likely N-dealkylation sites (tertiary alicyclic amines) is 1. The lowest BCUT2D eigenvalue weighted by atomic mass is 9.73. The van der Waals surface area contributed by atoms with Gasteiger partial charge in [0.15, 0.2) is 5.78 Å². The summed E-state index contributed by atoms with van der Waals surface area (Å²) in [6, 6.07) is 8.52. The molecule has 2 saturated heterocycles. The molecule has 4 aromatic rings. The maximum absolute atomic E-state index is 14.1. The Morgan fingerprint density at radius 1 is 1.09 bits per heavy atom. The number of carbonyl (C=O) groups is 3. The molecule has 12 nitrogen and oxygen atoms in total. The summed E-state index contributed by atoms with van der Waals surface area (Å²) >= 11 is 3.45. The summed E-state index contributed by atoms with van der Waals surface area (Å²) in [7, 11) is 0. The number of anilines is 1. The van der Waals surface area contributed by atoms with Crippen molar-refractivity contribution in [3.63, 3.8) is 0 Å². The number of ketones is 1. The monoisotopic (exact) mass is 698 g/mol. The number of hydrogen-bond donors (Lipinski definition) is 1. The van der Waals surface area contributed by atoms with Gasteiger partial charge in [-0.25, -0.2) is 15.0 Å². The van der Waals surface area contributed by atoms with Gasteiger partial charge >= 0.3 is 0 Å². The van der Waals surface area contributed by atoms with Crippen molar-refractivity contribution in [3.8, 4) is 11.1 Å². The van der Waals surface area contributed by atoms with E-state index >= 15 is 0 Å². The minimum Gasteiger partial charge on any atom is -0.379 e. The molecule has 0 spiro atoms. The molecule has 1 aliphatic carbocycles. The van der Waals surface area contributed by atoms with E-state index in [1.54, 1.807) is 22.0 Å². The van der Waals surface area contributed by atoms with Gasteiger partial charge in [-0.1, -0.05) is 31.2 Å². The molecule has 3 aromatic heterocycles. The molecule has 2 aliphatic heterocycles. The number of nitrogens with zero attached hydrogens (tertiary/aromatic N) is 7. The lowest BCUT2D eigenvalue weighted by molar-refractivity contribution is -0.139. The molecule has 1 aromatic carbocycles. The van der Waals surface area contributed by atoms with Gasteiger partial charge in [0.2, 0.25) is 11.8 Å². The second-order valence-electron chi connectivity index (χ2n) is 12.7. The van der Waals surface area contributed by atoms with Gasteiger partial charge in [-0.3, -0.25) is 24.0 Å². The number of nitrogens with one attached hydrogen (secondary N) is 1. The Hall–Kier alpha value is -4.33. The van der Waals surface area contributed by atoms with E-state index in [1.165, 1.54) is 6.92 Å². The summed E-state index contributed by atoms with van der Waals surface area (Å²) in [4.78, 5) is 57.9. The van der Waals surface area contributed by atoms with E-state index in [4.69, 9.17) is 4.74 Å². The van der Waals surface area contributed by atoms with E-state index in [0.717, 1.165) is 29.8 Å². The zero-order chi connectivity index (χ0) is 32.9. The number of fused-ring (bicyclic) bond motifs is 2. The molecular weight excluding hydrogens is 664 g/mol. The smallest absolute Gasteiger partial charge is 0.248 e. The fourth-order valence-corrected chi connectivity index (χ4v) is 7.07. The predicted molar refractivity (Wildman–Crippen MR) is 178 cm³/mol. The van der Waals surface area contributed by atoms with Crippen LogP contribution in [-0.2, 0) is 27.4 Å². The average molecular weight is 700 g/mol. The fraction of sp³-hybridized carbons (Fsp3) is 0.382. The summed E-state index contributed by atoms with van der Waals surface area (Å²) in [6.45, 7) is 8.78. The number of aromatic nitrogens is 5. The molecule has 2 fully saturated rings. The van der Waals surface area contributed by atoms with Gasteiger partial charge < -0.3 is 15.0 Å². The number of aryl methyl sites for hydroxylation is 1. The van der Waals surface area contributed by atoms with E-state index in [1.807, 2.05) is 43.3 Å². The molecule has 0 radical (unpaired) electrons. The Bertz CT molecular complexity index is 1920. The number of halogens is 1. The number of pyridine rings is 1. The summed E-state index contributed by atoms with van der Waals surface area (Å²) in [5.74, 6) is 0.387. The highest BCUT2D eigenvalue weighted by molar-refractivity contribution is 9.10.